The first kappa shape index (κ1) is 11.1. The van der Waals surface area contributed by atoms with Gasteiger partial charge in [0.15, 0.2) is 5.75 Å². The molecular formula is C13H11NO3S. The number of para-hydroxylation sites is 2. The van der Waals surface area contributed by atoms with Crippen LogP contribution in [0.25, 0.3) is 0 Å². The number of rotatable bonds is 2. The van der Waals surface area contributed by atoms with Gasteiger partial charge >= 0.3 is 0 Å². The summed E-state index contributed by atoms with van der Waals surface area (Å²) in [5, 5.41) is 0. The number of fused-ring (bicyclic) bond motifs is 2. The highest BCUT2D eigenvalue weighted by Crippen LogP contribution is 2.40. The quantitative estimate of drug-likeness (QED) is 0.696. The van der Waals surface area contributed by atoms with Crippen LogP contribution in [0.1, 0.15) is 11.1 Å². The first-order valence-electron chi connectivity index (χ1n) is 5.53. The molecule has 92 valence electrons. The summed E-state index contributed by atoms with van der Waals surface area (Å²) in [6.07, 6.45) is 0.747. The first-order valence-corrected chi connectivity index (χ1v) is 6.70. The topological polar surface area (TPSA) is 55.4 Å². The van der Waals surface area contributed by atoms with E-state index in [0.717, 1.165) is 23.3 Å². The van der Waals surface area contributed by atoms with Crippen molar-refractivity contribution in [2.75, 3.05) is 4.72 Å². The van der Waals surface area contributed by atoms with Gasteiger partial charge in [0.05, 0.1) is 5.69 Å². The summed E-state index contributed by atoms with van der Waals surface area (Å²) in [7, 11) is -2.69. The monoisotopic (exact) mass is 261 g/mol. The molecule has 1 aliphatic heterocycles. The summed E-state index contributed by atoms with van der Waals surface area (Å²) in [6, 6.07) is 13.2. The average Bonchev–Trinajstić information content (AvgIpc) is 2.36. The molecule has 18 heavy (non-hydrogen) atoms. The molecule has 4 nitrogen and oxygen atoms in total. The first-order chi connectivity index (χ1) is 8.74. The third kappa shape index (κ3) is 1.93. The van der Waals surface area contributed by atoms with Crippen LogP contribution in [0.4, 0.5) is 5.69 Å². The SMILES string of the molecule is O=[SH](=O)Nc1cccc2c1Oc1ccccc1C2. The Morgan fingerprint density at radius 2 is 1.78 bits per heavy atom. The highest BCUT2D eigenvalue weighted by molar-refractivity contribution is 7.73. The van der Waals surface area contributed by atoms with Gasteiger partial charge in [-0.15, -0.1) is 0 Å². The van der Waals surface area contributed by atoms with Crippen LogP contribution in [0.3, 0.4) is 0 Å². The van der Waals surface area contributed by atoms with Crippen LogP contribution in [0.2, 0.25) is 0 Å². The summed E-state index contributed by atoms with van der Waals surface area (Å²) < 4.78 is 29.7. The zero-order valence-electron chi connectivity index (χ0n) is 9.42. The number of hydrogen-bond acceptors (Lipinski definition) is 3. The maximum atomic E-state index is 10.8. The summed E-state index contributed by atoms with van der Waals surface area (Å²) >= 11 is 0. The van der Waals surface area contributed by atoms with Crippen molar-refractivity contribution in [2.45, 2.75) is 6.42 Å². The zero-order valence-corrected chi connectivity index (χ0v) is 10.3. The smallest absolute Gasteiger partial charge is 0.222 e. The molecule has 0 aromatic heterocycles. The van der Waals surface area contributed by atoms with Crippen LogP contribution < -0.4 is 9.46 Å². The minimum absolute atomic E-state index is 0.484. The van der Waals surface area contributed by atoms with Crippen molar-refractivity contribution < 1.29 is 13.2 Å². The molecule has 0 atom stereocenters. The van der Waals surface area contributed by atoms with E-state index in [-0.39, 0.29) is 0 Å². The van der Waals surface area contributed by atoms with Crippen LogP contribution in [-0.2, 0) is 17.3 Å². The predicted molar refractivity (Wildman–Crippen MR) is 69.7 cm³/mol. The standard InChI is InChI=1S/C13H11NO3S/c15-18(16)14-11-6-3-5-10-8-9-4-1-2-7-12(9)17-13(10)11/h1-7,18H,8H2,(H,14,15,16). The van der Waals surface area contributed by atoms with Gasteiger partial charge in [-0.1, -0.05) is 30.3 Å². The molecule has 2 aromatic carbocycles. The van der Waals surface area contributed by atoms with Gasteiger partial charge in [-0.25, -0.2) is 8.42 Å². The van der Waals surface area contributed by atoms with Crippen LogP contribution in [-0.4, -0.2) is 8.42 Å². The van der Waals surface area contributed by atoms with E-state index in [1.807, 2.05) is 36.4 Å². The van der Waals surface area contributed by atoms with E-state index in [1.54, 1.807) is 6.07 Å². The summed E-state index contributed by atoms with van der Waals surface area (Å²) in [5.74, 6) is 1.37. The Bertz CT molecular complexity index is 672. The Morgan fingerprint density at radius 3 is 2.61 bits per heavy atom. The number of benzene rings is 2. The number of anilines is 1. The van der Waals surface area contributed by atoms with Gasteiger partial charge in [0.25, 0.3) is 0 Å². The fourth-order valence-corrected chi connectivity index (χ4v) is 2.47. The average molecular weight is 261 g/mol. The van der Waals surface area contributed by atoms with Gasteiger partial charge in [-0.2, -0.15) is 0 Å². The van der Waals surface area contributed by atoms with E-state index >= 15 is 0 Å². The van der Waals surface area contributed by atoms with Crippen molar-refractivity contribution in [2.24, 2.45) is 0 Å². The van der Waals surface area contributed by atoms with Crippen molar-refractivity contribution in [3.05, 3.63) is 53.6 Å². The Hall–Kier alpha value is -2.01. The lowest BCUT2D eigenvalue weighted by Crippen LogP contribution is -2.06. The second-order valence-corrected chi connectivity index (χ2v) is 4.79. The minimum Gasteiger partial charge on any atom is -0.455 e. The molecule has 0 bridgehead atoms. The van der Waals surface area contributed by atoms with E-state index in [2.05, 4.69) is 4.72 Å². The molecule has 0 radical (unpaired) electrons. The number of nitrogens with one attached hydrogen (secondary N) is 1. The summed E-state index contributed by atoms with van der Waals surface area (Å²) in [6.45, 7) is 0. The van der Waals surface area contributed by atoms with Crippen LogP contribution >= 0.6 is 0 Å². The molecule has 5 heteroatoms. The predicted octanol–water partition coefficient (Wildman–Crippen LogP) is 2.32. The van der Waals surface area contributed by atoms with Crippen molar-refractivity contribution in [1.29, 1.82) is 0 Å². The van der Waals surface area contributed by atoms with Crippen molar-refractivity contribution in [1.82, 2.24) is 0 Å². The fourth-order valence-electron chi connectivity index (χ4n) is 2.10. The van der Waals surface area contributed by atoms with Gasteiger partial charge in [0, 0.05) is 12.0 Å². The molecule has 1 aliphatic rings. The van der Waals surface area contributed by atoms with Crippen LogP contribution in [0.5, 0.6) is 11.5 Å². The second kappa shape index (κ2) is 4.34. The van der Waals surface area contributed by atoms with Crippen LogP contribution in [0.15, 0.2) is 42.5 Å². The third-order valence-corrected chi connectivity index (χ3v) is 3.30. The number of ether oxygens (including phenoxy) is 1. The van der Waals surface area contributed by atoms with E-state index in [1.165, 1.54) is 0 Å². The summed E-state index contributed by atoms with van der Waals surface area (Å²) in [4.78, 5) is 0. The molecule has 0 spiro atoms. The molecule has 1 N–H and O–H groups in total. The molecule has 1 heterocycles. The molecule has 0 saturated heterocycles. The Balaban J connectivity index is 2.07. The Morgan fingerprint density at radius 1 is 1.00 bits per heavy atom. The lowest BCUT2D eigenvalue weighted by atomic mass is 10.00. The fraction of sp³-hybridized carbons (Fsp3) is 0.0769. The van der Waals surface area contributed by atoms with Gasteiger partial charge in [-0.3, -0.25) is 4.72 Å². The molecule has 3 rings (SSSR count). The largest absolute Gasteiger partial charge is 0.455 e. The lowest BCUT2D eigenvalue weighted by Gasteiger charge is -2.21. The zero-order chi connectivity index (χ0) is 12.5. The lowest BCUT2D eigenvalue weighted by molar-refractivity contribution is 0.462. The van der Waals surface area contributed by atoms with E-state index < -0.39 is 10.9 Å². The van der Waals surface area contributed by atoms with Crippen LogP contribution in [0, 0.1) is 0 Å². The third-order valence-electron chi connectivity index (χ3n) is 2.87. The van der Waals surface area contributed by atoms with Gasteiger partial charge < -0.3 is 4.74 Å². The maximum absolute atomic E-state index is 10.8. The second-order valence-electron chi connectivity index (χ2n) is 4.05. The molecule has 0 saturated carbocycles. The van der Waals surface area contributed by atoms with E-state index in [0.29, 0.717) is 11.4 Å². The van der Waals surface area contributed by atoms with Crippen molar-refractivity contribution in [3.8, 4) is 11.5 Å². The maximum Gasteiger partial charge on any atom is 0.222 e. The summed E-state index contributed by atoms with van der Waals surface area (Å²) in [5.41, 5.74) is 2.57. The number of hydrogen-bond donors (Lipinski definition) is 2. The van der Waals surface area contributed by atoms with Gasteiger partial charge in [0.1, 0.15) is 5.75 Å². The van der Waals surface area contributed by atoms with E-state index in [9.17, 15) is 8.42 Å². The molecule has 0 fully saturated rings. The Labute approximate surface area is 106 Å². The molecular weight excluding hydrogens is 250 g/mol. The number of thiol groups is 1. The minimum atomic E-state index is -2.69. The van der Waals surface area contributed by atoms with Crippen molar-refractivity contribution in [3.63, 3.8) is 0 Å². The van der Waals surface area contributed by atoms with Gasteiger partial charge in [0.2, 0.25) is 10.9 Å². The highest BCUT2D eigenvalue weighted by atomic mass is 32.2. The Kier molecular flexibility index (Phi) is 2.68. The normalized spacial score (nSPS) is 12.5. The molecule has 0 aliphatic carbocycles. The van der Waals surface area contributed by atoms with Crippen molar-refractivity contribution >= 4 is 16.6 Å². The molecule has 0 amide bonds. The van der Waals surface area contributed by atoms with Gasteiger partial charge in [-0.05, 0) is 17.7 Å². The molecule has 0 unspecified atom stereocenters. The molecule has 2 aromatic rings. The van der Waals surface area contributed by atoms with E-state index in [4.69, 9.17) is 4.74 Å². The highest BCUT2D eigenvalue weighted by Gasteiger charge is 2.19.